The SMILES string of the molecule is C=C(C)C(=O)Oc1ccc(O)cc1CC(C)c1cc(O)c(CCC)cc1OC(=O)C(=C)C. The second-order valence-corrected chi connectivity index (χ2v) is 8.01. The minimum Gasteiger partial charge on any atom is -0.508 e. The molecule has 32 heavy (non-hydrogen) atoms. The molecule has 0 fully saturated rings. The molecule has 0 amide bonds. The third kappa shape index (κ3) is 6.23. The lowest BCUT2D eigenvalue weighted by molar-refractivity contribution is -0.131. The van der Waals surface area contributed by atoms with Crippen molar-refractivity contribution < 1.29 is 29.3 Å². The van der Waals surface area contributed by atoms with Gasteiger partial charge in [0.05, 0.1) is 0 Å². The molecule has 0 saturated heterocycles. The number of aromatic hydroxyl groups is 2. The Morgan fingerprint density at radius 3 is 2.09 bits per heavy atom. The zero-order valence-electron chi connectivity index (χ0n) is 19.0. The normalized spacial score (nSPS) is 11.5. The summed E-state index contributed by atoms with van der Waals surface area (Å²) in [5, 5.41) is 20.5. The Morgan fingerprint density at radius 2 is 1.53 bits per heavy atom. The summed E-state index contributed by atoms with van der Waals surface area (Å²) < 4.78 is 11.0. The van der Waals surface area contributed by atoms with Crippen LogP contribution in [-0.2, 0) is 22.4 Å². The maximum absolute atomic E-state index is 12.2. The topological polar surface area (TPSA) is 93.1 Å². The Bertz CT molecular complexity index is 1050. The Kier molecular flexibility index (Phi) is 8.24. The van der Waals surface area contributed by atoms with E-state index in [1.54, 1.807) is 26.0 Å². The molecule has 0 bridgehead atoms. The van der Waals surface area contributed by atoms with Crippen molar-refractivity contribution in [3.05, 3.63) is 71.3 Å². The van der Waals surface area contributed by atoms with Crippen molar-refractivity contribution in [2.24, 2.45) is 0 Å². The Balaban J connectivity index is 2.45. The highest BCUT2D eigenvalue weighted by atomic mass is 16.5. The van der Waals surface area contributed by atoms with Crippen LogP contribution in [0, 0.1) is 0 Å². The van der Waals surface area contributed by atoms with Crippen molar-refractivity contribution in [3.8, 4) is 23.0 Å². The van der Waals surface area contributed by atoms with E-state index in [0.29, 0.717) is 41.0 Å². The number of phenols is 2. The van der Waals surface area contributed by atoms with Crippen LogP contribution in [0.1, 0.15) is 56.7 Å². The van der Waals surface area contributed by atoms with Crippen LogP contribution in [0.2, 0.25) is 0 Å². The number of aryl methyl sites for hydroxylation is 1. The molecule has 2 aromatic carbocycles. The molecule has 170 valence electrons. The van der Waals surface area contributed by atoms with E-state index in [-0.39, 0.29) is 28.6 Å². The van der Waals surface area contributed by atoms with Crippen LogP contribution in [0.3, 0.4) is 0 Å². The first kappa shape index (κ1) is 24.7. The van der Waals surface area contributed by atoms with Crippen molar-refractivity contribution in [1.82, 2.24) is 0 Å². The summed E-state index contributed by atoms with van der Waals surface area (Å²) in [6.45, 7) is 14.2. The molecule has 2 aromatic rings. The van der Waals surface area contributed by atoms with E-state index in [1.165, 1.54) is 18.2 Å². The number of benzene rings is 2. The zero-order valence-corrected chi connectivity index (χ0v) is 19.0. The van der Waals surface area contributed by atoms with Crippen LogP contribution in [-0.4, -0.2) is 22.2 Å². The molecular weight excluding hydrogens is 408 g/mol. The number of carbonyl (C=O) groups excluding carboxylic acids is 2. The van der Waals surface area contributed by atoms with Crippen LogP contribution in [0.5, 0.6) is 23.0 Å². The quantitative estimate of drug-likeness (QED) is 0.311. The number of rotatable bonds is 9. The molecule has 0 spiro atoms. The summed E-state index contributed by atoms with van der Waals surface area (Å²) in [5.41, 5.74) is 2.39. The predicted octanol–water partition coefficient (Wildman–Crippen LogP) is 5.36. The number of hydrogen-bond acceptors (Lipinski definition) is 6. The number of esters is 2. The van der Waals surface area contributed by atoms with E-state index >= 15 is 0 Å². The first-order valence-electron chi connectivity index (χ1n) is 10.5. The number of ether oxygens (including phenoxy) is 2. The summed E-state index contributed by atoms with van der Waals surface area (Å²) in [7, 11) is 0. The van der Waals surface area contributed by atoms with Gasteiger partial charge in [-0.05, 0) is 74.1 Å². The molecule has 0 aromatic heterocycles. The molecular formula is C26H30O6. The van der Waals surface area contributed by atoms with Gasteiger partial charge in [0.25, 0.3) is 0 Å². The van der Waals surface area contributed by atoms with Crippen molar-refractivity contribution in [3.63, 3.8) is 0 Å². The van der Waals surface area contributed by atoms with Gasteiger partial charge in [0.2, 0.25) is 0 Å². The maximum atomic E-state index is 12.2. The second-order valence-electron chi connectivity index (χ2n) is 8.01. The number of hydrogen-bond donors (Lipinski definition) is 2. The Labute approximate surface area is 188 Å². The van der Waals surface area contributed by atoms with Crippen LogP contribution < -0.4 is 9.47 Å². The average Bonchev–Trinajstić information content (AvgIpc) is 2.71. The van der Waals surface area contributed by atoms with E-state index < -0.39 is 11.9 Å². The molecule has 1 atom stereocenters. The molecule has 0 heterocycles. The van der Waals surface area contributed by atoms with Gasteiger partial charge < -0.3 is 19.7 Å². The monoisotopic (exact) mass is 438 g/mol. The first-order valence-corrected chi connectivity index (χ1v) is 10.5. The lowest BCUT2D eigenvalue weighted by Crippen LogP contribution is -2.13. The van der Waals surface area contributed by atoms with Crippen LogP contribution in [0.15, 0.2) is 54.6 Å². The molecule has 6 nitrogen and oxygen atoms in total. The number of carbonyl (C=O) groups is 2. The van der Waals surface area contributed by atoms with Crippen molar-refractivity contribution >= 4 is 11.9 Å². The van der Waals surface area contributed by atoms with Crippen molar-refractivity contribution in [1.29, 1.82) is 0 Å². The van der Waals surface area contributed by atoms with E-state index in [2.05, 4.69) is 13.2 Å². The van der Waals surface area contributed by atoms with Crippen LogP contribution in [0.25, 0.3) is 0 Å². The molecule has 2 N–H and O–H groups in total. The van der Waals surface area contributed by atoms with Crippen LogP contribution >= 0.6 is 0 Å². The van der Waals surface area contributed by atoms with Gasteiger partial charge in [-0.2, -0.15) is 0 Å². The molecule has 0 aliphatic rings. The highest BCUT2D eigenvalue weighted by Crippen LogP contribution is 2.37. The van der Waals surface area contributed by atoms with E-state index in [1.807, 2.05) is 13.8 Å². The highest BCUT2D eigenvalue weighted by molar-refractivity contribution is 5.89. The summed E-state index contributed by atoms with van der Waals surface area (Å²) in [4.78, 5) is 24.2. The summed E-state index contributed by atoms with van der Waals surface area (Å²) >= 11 is 0. The maximum Gasteiger partial charge on any atom is 0.338 e. The van der Waals surface area contributed by atoms with Gasteiger partial charge in [0, 0.05) is 16.7 Å². The van der Waals surface area contributed by atoms with Gasteiger partial charge in [-0.1, -0.05) is 33.4 Å². The van der Waals surface area contributed by atoms with Gasteiger partial charge in [0.1, 0.15) is 23.0 Å². The third-order valence-electron chi connectivity index (χ3n) is 4.93. The molecule has 0 radical (unpaired) electrons. The van der Waals surface area contributed by atoms with Gasteiger partial charge >= 0.3 is 11.9 Å². The minimum absolute atomic E-state index is 0.0254. The fourth-order valence-corrected chi connectivity index (χ4v) is 3.21. The van der Waals surface area contributed by atoms with E-state index in [4.69, 9.17) is 9.47 Å². The van der Waals surface area contributed by atoms with Crippen molar-refractivity contribution in [2.45, 2.75) is 52.9 Å². The van der Waals surface area contributed by atoms with Gasteiger partial charge in [-0.3, -0.25) is 0 Å². The summed E-state index contributed by atoms with van der Waals surface area (Å²) in [5.74, 6) is -0.593. The second kappa shape index (κ2) is 10.7. The zero-order chi connectivity index (χ0) is 24.0. The minimum atomic E-state index is -0.567. The molecule has 2 rings (SSSR count). The summed E-state index contributed by atoms with van der Waals surface area (Å²) in [6.07, 6.45) is 1.79. The Hall–Kier alpha value is -3.54. The average molecular weight is 439 g/mol. The van der Waals surface area contributed by atoms with Crippen LogP contribution in [0.4, 0.5) is 0 Å². The molecule has 0 aliphatic heterocycles. The first-order chi connectivity index (χ1) is 15.0. The highest BCUT2D eigenvalue weighted by Gasteiger charge is 2.21. The predicted molar refractivity (Wildman–Crippen MR) is 123 cm³/mol. The summed E-state index contributed by atoms with van der Waals surface area (Å²) in [6, 6.07) is 7.74. The van der Waals surface area contributed by atoms with E-state index in [9.17, 15) is 19.8 Å². The lowest BCUT2D eigenvalue weighted by Gasteiger charge is -2.20. The molecule has 0 aliphatic carbocycles. The molecule has 6 heteroatoms. The molecule has 0 saturated carbocycles. The fourth-order valence-electron chi connectivity index (χ4n) is 3.21. The molecule has 1 unspecified atom stereocenters. The van der Waals surface area contributed by atoms with Gasteiger partial charge in [0.15, 0.2) is 0 Å². The van der Waals surface area contributed by atoms with Gasteiger partial charge in [-0.15, -0.1) is 0 Å². The van der Waals surface area contributed by atoms with Crippen molar-refractivity contribution in [2.75, 3.05) is 0 Å². The third-order valence-corrected chi connectivity index (χ3v) is 4.93. The number of phenolic OH excluding ortho intramolecular Hbond substituents is 2. The largest absolute Gasteiger partial charge is 0.508 e. The fraction of sp³-hybridized carbons (Fsp3) is 0.308. The smallest absolute Gasteiger partial charge is 0.338 e. The standard InChI is InChI=1S/C26H30O6/c1-7-8-18-13-24(32-26(30)16(4)5)21(14-22(18)28)17(6)11-19-12-20(27)9-10-23(19)31-25(29)15(2)3/h9-10,12-14,17,27-28H,2,4,7-8,11H2,1,3,5-6H3. The lowest BCUT2D eigenvalue weighted by atomic mass is 9.90. The van der Waals surface area contributed by atoms with Gasteiger partial charge in [-0.25, -0.2) is 9.59 Å². The Morgan fingerprint density at radius 1 is 0.938 bits per heavy atom. The van der Waals surface area contributed by atoms with E-state index in [0.717, 1.165) is 6.42 Å².